The van der Waals surface area contributed by atoms with Crippen molar-refractivity contribution < 1.29 is 28.8 Å². The summed E-state index contributed by atoms with van der Waals surface area (Å²) in [6, 6.07) is 10.7. The molecule has 2 aromatic rings. The Kier molecular flexibility index (Phi) is 6.26. The number of hydrogen-bond acceptors (Lipinski definition) is 7. The van der Waals surface area contributed by atoms with Gasteiger partial charge >= 0.3 is 5.97 Å². The summed E-state index contributed by atoms with van der Waals surface area (Å²) < 4.78 is 5.48. The van der Waals surface area contributed by atoms with E-state index >= 15 is 0 Å². The number of imide groups is 1. The van der Waals surface area contributed by atoms with E-state index in [0.29, 0.717) is 29.3 Å². The van der Waals surface area contributed by atoms with Gasteiger partial charge in [0.25, 0.3) is 5.69 Å². The quantitative estimate of drug-likeness (QED) is 0.199. The van der Waals surface area contributed by atoms with E-state index in [1.54, 1.807) is 31.2 Å². The Labute approximate surface area is 213 Å². The third-order valence-corrected chi connectivity index (χ3v) is 7.66. The minimum atomic E-state index is -0.737. The van der Waals surface area contributed by atoms with E-state index < -0.39 is 16.8 Å². The van der Waals surface area contributed by atoms with Crippen LogP contribution in [0.2, 0.25) is 0 Å². The molecule has 4 atom stereocenters. The van der Waals surface area contributed by atoms with E-state index in [-0.39, 0.29) is 54.0 Å². The van der Waals surface area contributed by atoms with Crippen LogP contribution in [0.25, 0.3) is 0 Å². The van der Waals surface area contributed by atoms with Crippen LogP contribution in [0, 0.1) is 40.7 Å². The van der Waals surface area contributed by atoms with Gasteiger partial charge in [0.05, 0.1) is 34.1 Å². The second-order valence-corrected chi connectivity index (χ2v) is 10.2. The average Bonchev–Trinajstić information content (AvgIpc) is 3.37. The number of hydrogen-bond donors (Lipinski definition) is 0. The molecule has 2 heterocycles. The Morgan fingerprint density at radius 2 is 1.68 bits per heavy atom. The number of ether oxygens (including phenoxy) is 1. The van der Waals surface area contributed by atoms with Crippen LogP contribution in [0.3, 0.4) is 0 Å². The standard InChI is InChI=1S/C27H27N3O7/c1-15-3-10-21-22(11-15)26(33)29(25(21)32)18-6-8-20(9-7-18)37-27(34)17-12-24(31)28(14-17)19-5-4-16(2)23(13-19)30(35)36/h4-9,13,15,17,21-22H,3,10-12,14H2,1-2H3/t15-,17+,21+,22-/m0/s1. The molecule has 3 amide bonds. The molecule has 192 valence electrons. The third kappa shape index (κ3) is 4.47. The average molecular weight is 506 g/mol. The molecule has 0 bridgehead atoms. The number of nitro benzene ring substituents is 1. The Morgan fingerprint density at radius 1 is 1.00 bits per heavy atom. The van der Waals surface area contributed by atoms with Crippen LogP contribution in [-0.4, -0.2) is 35.2 Å². The number of amides is 3. The van der Waals surface area contributed by atoms with Crippen molar-refractivity contribution in [1.82, 2.24) is 0 Å². The van der Waals surface area contributed by atoms with Crippen molar-refractivity contribution in [3.63, 3.8) is 0 Å². The molecule has 5 rings (SSSR count). The lowest BCUT2D eigenvalue weighted by Crippen LogP contribution is -2.30. The van der Waals surface area contributed by atoms with Gasteiger partial charge in [0.2, 0.25) is 17.7 Å². The summed E-state index contributed by atoms with van der Waals surface area (Å²) in [7, 11) is 0. The van der Waals surface area contributed by atoms with Crippen LogP contribution < -0.4 is 14.5 Å². The zero-order chi connectivity index (χ0) is 26.4. The molecule has 2 aromatic carbocycles. The third-order valence-electron chi connectivity index (χ3n) is 7.66. The molecule has 10 heteroatoms. The highest BCUT2D eigenvalue weighted by molar-refractivity contribution is 6.22. The van der Waals surface area contributed by atoms with Gasteiger partial charge in [-0.2, -0.15) is 0 Å². The van der Waals surface area contributed by atoms with E-state index in [9.17, 15) is 29.3 Å². The van der Waals surface area contributed by atoms with E-state index in [0.717, 1.165) is 12.8 Å². The molecule has 0 aromatic heterocycles. The minimum Gasteiger partial charge on any atom is -0.426 e. The summed E-state index contributed by atoms with van der Waals surface area (Å²) in [5.41, 5.74) is 1.18. The fourth-order valence-corrected chi connectivity index (χ4v) is 5.58. The zero-order valence-electron chi connectivity index (χ0n) is 20.6. The van der Waals surface area contributed by atoms with Crippen molar-refractivity contribution in [3.05, 3.63) is 58.1 Å². The number of carbonyl (C=O) groups is 4. The second kappa shape index (κ2) is 9.42. The van der Waals surface area contributed by atoms with Crippen molar-refractivity contribution in [2.24, 2.45) is 23.7 Å². The fraction of sp³-hybridized carbons (Fsp3) is 0.407. The van der Waals surface area contributed by atoms with Crippen LogP contribution in [-0.2, 0) is 19.2 Å². The number of rotatable bonds is 5. The number of aryl methyl sites for hydroxylation is 1. The molecule has 2 saturated heterocycles. The Morgan fingerprint density at radius 3 is 2.38 bits per heavy atom. The van der Waals surface area contributed by atoms with E-state index in [4.69, 9.17) is 4.74 Å². The maximum Gasteiger partial charge on any atom is 0.316 e. The van der Waals surface area contributed by atoms with Crippen molar-refractivity contribution in [3.8, 4) is 5.75 Å². The maximum absolute atomic E-state index is 12.9. The predicted octanol–water partition coefficient (Wildman–Crippen LogP) is 3.79. The lowest BCUT2D eigenvalue weighted by atomic mass is 9.76. The minimum absolute atomic E-state index is 0.0496. The molecule has 3 fully saturated rings. The number of nitro groups is 1. The van der Waals surface area contributed by atoms with Crippen LogP contribution in [0.1, 0.15) is 38.2 Å². The Balaban J connectivity index is 1.25. The second-order valence-electron chi connectivity index (χ2n) is 10.2. The van der Waals surface area contributed by atoms with Crippen molar-refractivity contribution in [1.29, 1.82) is 0 Å². The van der Waals surface area contributed by atoms with Crippen LogP contribution >= 0.6 is 0 Å². The SMILES string of the molecule is Cc1ccc(N2C[C@H](C(=O)Oc3ccc(N4C(=O)[C@H]5C[C@@H](C)CC[C@H]5C4=O)cc3)CC2=O)cc1[N+](=O)[O-]. The molecule has 1 aliphatic carbocycles. The largest absolute Gasteiger partial charge is 0.426 e. The molecule has 1 saturated carbocycles. The highest BCUT2D eigenvalue weighted by Gasteiger charge is 2.50. The van der Waals surface area contributed by atoms with Gasteiger partial charge in [-0.25, -0.2) is 0 Å². The van der Waals surface area contributed by atoms with Crippen LogP contribution in [0.5, 0.6) is 5.75 Å². The van der Waals surface area contributed by atoms with Crippen molar-refractivity contribution in [2.45, 2.75) is 39.5 Å². The molecule has 37 heavy (non-hydrogen) atoms. The van der Waals surface area contributed by atoms with Crippen molar-refractivity contribution >= 4 is 40.8 Å². The molecule has 10 nitrogen and oxygen atoms in total. The zero-order valence-corrected chi connectivity index (χ0v) is 20.6. The summed E-state index contributed by atoms with van der Waals surface area (Å²) in [6.07, 6.45) is 2.30. The summed E-state index contributed by atoms with van der Waals surface area (Å²) in [5, 5.41) is 11.3. The van der Waals surface area contributed by atoms with Gasteiger partial charge in [-0.15, -0.1) is 0 Å². The normalized spacial score (nSPS) is 25.4. The van der Waals surface area contributed by atoms with Gasteiger partial charge in [0.1, 0.15) is 5.75 Å². The Hall–Kier alpha value is -4.08. The lowest BCUT2D eigenvalue weighted by Gasteiger charge is -2.25. The topological polar surface area (TPSA) is 127 Å². The number of carbonyl (C=O) groups excluding carboxylic acids is 4. The number of nitrogens with zero attached hydrogens (tertiary/aromatic N) is 3. The number of benzene rings is 2. The van der Waals surface area contributed by atoms with E-state index in [1.807, 2.05) is 0 Å². The van der Waals surface area contributed by atoms with Crippen LogP contribution in [0.15, 0.2) is 42.5 Å². The maximum atomic E-state index is 12.9. The summed E-state index contributed by atoms with van der Waals surface area (Å²) in [6.45, 7) is 3.76. The van der Waals surface area contributed by atoms with Gasteiger partial charge in [0, 0.05) is 24.6 Å². The smallest absolute Gasteiger partial charge is 0.316 e. The van der Waals surface area contributed by atoms with Crippen molar-refractivity contribution in [2.75, 3.05) is 16.3 Å². The fourth-order valence-electron chi connectivity index (χ4n) is 5.58. The molecule has 0 radical (unpaired) electrons. The summed E-state index contributed by atoms with van der Waals surface area (Å²) in [5.74, 6) is -1.89. The van der Waals surface area contributed by atoms with Gasteiger partial charge in [0.15, 0.2) is 0 Å². The molecule has 3 aliphatic rings. The monoisotopic (exact) mass is 505 g/mol. The first-order valence-corrected chi connectivity index (χ1v) is 12.4. The highest BCUT2D eigenvalue weighted by Crippen LogP contribution is 2.42. The predicted molar refractivity (Wildman–Crippen MR) is 133 cm³/mol. The first kappa shape index (κ1) is 24.6. The van der Waals surface area contributed by atoms with Gasteiger partial charge in [-0.3, -0.25) is 34.2 Å². The number of esters is 1. The van der Waals surface area contributed by atoms with Crippen LogP contribution in [0.4, 0.5) is 17.1 Å². The molecule has 0 spiro atoms. The first-order valence-electron chi connectivity index (χ1n) is 12.4. The number of fused-ring (bicyclic) bond motifs is 1. The van der Waals surface area contributed by atoms with E-state index in [1.165, 1.54) is 28.0 Å². The number of anilines is 2. The highest BCUT2D eigenvalue weighted by atomic mass is 16.6. The van der Waals surface area contributed by atoms with Gasteiger partial charge < -0.3 is 9.64 Å². The lowest BCUT2D eigenvalue weighted by molar-refractivity contribution is -0.385. The van der Waals surface area contributed by atoms with Gasteiger partial charge in [-0.1, -0.05) is 13.0 Å². The summed E-state index contributed by atoms with van der Waals surface area (Å²) in [4.78, 5) is 64.5. The summed E-state index contributed by atoms with van der Waals surface area (Å²) >= 11 is 0. The molecule has 2 aliphatic heterocycles. The molecular weight excluding hydrogens is 478 g/mol. The van der Waals surface area contributed by atoms with E-state index in [2.05, 4.69) is 6.92 Å². The van der Waals surface area contributed by atoms with Gasteiger partial charge in [-0.05, 0) is 62.4 Å². The molecule has 0 unspecified atom stereocenters. The Bertz CT molecular complexity index is 1310. The molecular formula is C27H27N3O7. The first-order chi connectivity index (χ1) is 17.6. The molecule has 0 N–H and O–H groups in total.